The molecular weight excluding hydrogens is 268 g/mol. The molecule has 0 spiro atoms. The van der Waals surface area contributed by atoms with E-state index in [0.29, 0.717) is 18.2 Å². The first kappa shape index (κ1) is 14.5. The molecule has 2 amide bonds. The van der Waals surface area contributed by atoms with E-state index in [2.05, 4.69) is 5.32 Å². The number of carbonyl (C=O) groups is 2. The number of nitrogens with zero attached hydrogens (tertiary/aromatic N) is 1. The van der Waals surface area contributed by atoms with Crippen LogP contribution in [0.1, 0.15) is 25.7 Å². The summed E-state index contributed by atoms with van der Waals surface area (Å²) in [6.07, 6.45) is 4.38. The zero-order chi connectivity index (χ0) is 13.7. The zero-order valence-corrected chi connectivity index (χ0v) is 11.7. The first-order chi connectivity index (χ1) is 9.18. The summed E-state index contributed by atoms with van der Waals surface area (Å²) in [5, 5.41) is 11.8. The number of carboxylic acid groups (broad SMARTS) is 1. The van der Waals surface area contributed by atoms with Crippen LogP contribution in [0.2, 0.25) is 0 Å². The van der Waals surface area contributed by atoms with Crippen molar-refractivity contribution in [2.75, 3.05) is 24.8 Å². The molecule has 2 aliphatic heterocycles. The highest BCUT2D eigenvalue weighted by atomic mass is 32.2. The van der Waals surface area contributed by atoms with E-state index in [1.165, 1.54) is 23.1 Å². The van der Waals surface area contributed by atoms with Crippen molar-refractivity contribution in [3.63, 3.8) is 0 Å². The lowest BCUT2D eigenvalue weighted by Crippen LogP contribution is -2.47. The summed E-state index contributed by atoms with van der Waals surface area (Å²) in [6.45, 7) is 1.35. The van der Waals surface area contributed by atoms with Crippen molar-refractivity contribution < 1.29 is 19.4 Å². The molecule has 7 heteroatoms. The van der Waals surface area contributed by atoms with Gasteiger partial charge < -0.3 is 20.1 Å². The van der Waals surface area contributed by atoms with Gasteiger partial charge in [0.1, 0.15) is 6.04 Å². The molecule has 6 nitrogen and oxygen atoms in total. The molecule has 2 fully saturated rings. The van der Waals surface area contributed by atoms with Crippen molar-refractivity contribution in [2.24, 2.45) is 0 Å². The third kappa shape index (κ3) is 4.01. The quantitative estimate of drug-likeness (QED) is 0.810. The summed E-state index contributed by atoms with van der Waals surface area (Å²) < 4.78 is 5.58. The Labute approximate surface area is 116 Å². The van der Waals surface area contributed by atoms with Gasteiger partial charge in [0.2, 0.25) is 0 Å². The van der Waals surface area contributed by atoms with E-state index in [1.807, 2.05) is 0 Å². The largest absolute Gasteiger partial charge is 0.480 e. The van der Waals surface area contributed by atoms with Crippen LogP contribution in [0.15, 0.2) is 0 Å². The second-order valence-corrected chi connectivity index (χ2v) is 5.83. The van der Waals surface area contributed by atoms with E-state index >= 15 is 0 Å². The molecule has 19 heavy (non-hydrogen) atoms. The Balaban J connectivity index is 1.70. The van der Waals surface area contributed by atoms with Crippen LogP contribution >= 0.6 is 11.8 Å². The Morgan fingerprint density at radius 1 is 1.42 bits per heavy atom. The molecule has 0 saturated carbocycles. The fourth-order valence-electron chi connectivity index (χ4n) is 2.32. The summed E-state index contributed by atoms with van der Waals surface area (Å²) in [7, 11) is 0. The van der Waals surface area contributed by atoms with Gasteiger partial charge >= 0.3 is 12.0 Å². The molecule has 2 heterocycles. The lowest BCUT2D eigenvalue weighted by molar-refractivity contribution is -0.140. The van der Waals surface area contributed by atoms with Gasteiger partial charge in [0.15, 0.2) is 0 Å². The van der Waals surface area contributed by atoms with E-state index in [4.69, 9.17) is 9.84 Å². The van der Waals surface area contributed by atoms with E-state index < -0.39 is 12.0 Å². The van der Waals surface area contributed by atoms with Crippen molar-refractivity contribution >= 4 is 23.8 Å². The SMILES string of the molecule is O=C(O)[C@@H]1CSCN1C(=O)NCCC1CCCCO1. The Bertz CT molecular complexity index is 334. The van der Waals surface area contributed by atoms with E-state index in [-0.39, 0.29) is 12.1 Å². The molecule has 0 aromatic heterocycles. The predicted octanol–water partition coefficient (Wildman–Crippen LogP) is 1.11. The predicted molar refractivity (Wildman–Crippen MR) is 72.2 cm³/mol. The van der Waals surface area contributed by atoms with Gasteiger partial charge in [-0.2, -0.15) is 0 Å². The molecule has 108 valence electrons. The van der Waals surface area contributed by atoms with Crippen molar-refractivity contribution in [2.45, 2.75) is 37.8 Å². The molecule has 2 saturated heterocycles. The number of amides is 2. The van der Waals surface area contributed by atoms with Gasteiger partial charge in [0, 0.05) is 18.9 Å². The van der Waals surface area contributed by atoms with Crippen LogP contribution in [0.25, 0.3) is 0 Å². The van der Waals surface area contributed by atoms with Crippen molar-refractivity contribution in [3.05, 3.63) is 0 Å². The Morgan fingerprint density at radius 2 is 2.26 bits per heavy atom. The summed E-state index contributed by atoms with van der Waals surface area (Å²) in [5.41, 5.74) is 0. The van der Waals surface area contributed by atoms with Crippen LogP contribution in [-0.4, -0.2) is 58.9 Å². The molecule has 2 rings (SSSR count). The van der Waals surface area contributed by atoms with Gasteiger partial charge in [-0.3, -0.25) is 0 Å². The Hall–Kier alpha value is -0.950. The van der Waals surface area contributed by atoms with Crippen LogP contribution in [0.4, 0.5) is 4.79 Å². The number of hydrogen-bond acceptors (Lipinski definition) is 4. The second-order valence-electron chi connectivity index (χ2n) is 4.83. The highest BCUT2D eigenvalue weighted by Gasteiger charge is 2.34. The van der Waals surface area contributed by atoms with Gasteiger partial charge in [-0.25, -0.2) is 9.59 Å². The Kier molecular flexibility index (Phi) is 5.33. The first-order valence-electron chi connectivity index (χ1n) is 6.65. The molecule has 0 aromatic carbocycles. The maximum absolute atomic E-state index is 11.9. The molecule has 1 unspecified atom stereocenters. The third-order valence-corrected chi connectivity index (χ3v) is 4.46. The van der Waals surface area contributed by atoms with Gasteiger partial charge in [-0.1, -0.05) is 0 Å². The topological polar surface area (TPSA) is 78.9 Å². The number of rotatable bonds is 4. The minimum absolute atomic E-state index is 0.234. The van der Waals surface area contributed by atoms with E-state index in [0.717, 1.165) is 25.9 Å². The third-order valence-electron chi connectivity index (χ3n) is 3.44. The summed E-state index contributed by atoms with van der Waals surface area (Å²) in [4.78, 5) is 24.3. The fraction of sp³-hybridized carbons (Fsp3) is 0.833. The maximum Gasteiger partial charge on any atom is 0.327 e. The molecule has 0 radical (unpaired) electrons. The van der Waals surface area contributed by atoms with Crippen LogP contribution in [-0.2, 0) is 9.53 Å². The molecule has 0 aromatic rings. The smallest absolute Gasteiger partial charge is 0.327 e. The van der Waals surface area contributed by atoms with Gasteiger partial charge in [-0.15, -0.1) is 11.8 Å². The average Bonchev–Trinajstić information content (AvgIpc) is 2.89. The first-order valence-corrected chi connectivity index (χ1v) is 7.80. The zero-order valence-electron chi connectivity index (χ0n) is 10.8. The monoisotopic (exact) mass is 288 g/mol. The van der Waals surface area contributed by atoms with Crippen LogP contribution in [0, 0.1) is 0 Å². The van der Waals surface area contributed by atoms with Crippen LogP contribution in [0.3, 0.4) is 0 Å². The second kappa shape index (κ2) is 7.00. The molecule has 0 bridgehead atoms. The maximum atomic E-state index is 11.9. The number of hydrogen-bond donors (Lipinski definition) is 2. The van der Waals surface area contributed by atoms with Crippen molar-refractivity contribution in [1.82, 2.24) is 10.2 Å². The lowest BCUT2D eigenvalue weighted by atomic mass is 10.1. The Morgan fingerprint density at radius 3 is 2.95 bits per heavy atom. The minimum atomic E-state index is -0.934. The molecule has 2 atom stereocenters. The van der Waals surface area contributed by atoms with Crippen molar-refractivity contribution in [3.8, 4) is 0 Å². The lowest BCUT2D eigenvalue weighted by Gasteiger charge is -2.24. The van der Waals surface area contributed by atoms with E-state index in [1.54, 1.807) is 0 Å². The van der Waals surface area contributed by atoms with Gasteiger partial charge in [-0.05, 0) is 25.7 Å². The highest BCUT2D eigenvalue weighted by Crippen LogP contribution is 2.21. The van der Waals surface area contributed by atoms with Crippen LogP contribution in [0.5, 0.6) is 0 Å². The summed E-state index contributed by atoms with van der Waals surface area (Å²) in [5.74, 6) is -0.0206. The highest BCUT2D eigenvalue weighted by molar-refractivity contribution is 7.99. The molecule has 2 N–H and O–H groups in total. The molecule has 0 aliphatic carbocycles. The molecule has 2 aliphatic rings. The fourth-order valence-corrected chi connectivity index (χ4v) is 3.47. The normalized spacial score (nSPS) is 27.3. The number of urea groups is 1. The number of carboxylic acids is 1. The van der Waals surface area contributed by atoms with Crippen molar-refractivity contribution in [1.29, 1.82) is 0 Å². The number of thioether (sulfide) groups is 1. The minimum Gasteiger partial charge on any atom is -0.480 e. The van der Waals surface area contributed by atoms with E-state index in [9.17, 15) is 9.59 Å². The number of carbonyl (C=O) groups excluding carboxylic acids is 1. The summed E-state index contributed by atoms with van der Waals surface area (Å²) >= 11 is 1.47. The number of nitrogens with one attached hydrogen (secondary N) is 1. The average molecular weight is 288 g/mol. The number of aliphatic carboxylic acids is 1. The summed E-state index contributed by atoms with van der Waals surface area (Å²) in [6, 6.07) is -0.982. The molecular formula is C12H20N2O4S. The standard InChI is InChI=1S/C12H20N2O4S/c15-11(16)10-7-19-8-14(10)12(17)13-5-4-9-3-1-2-6-18-9/h9-10H,1-8H2,(H,13,17)(H,15,16)/t9?,10-/m0/s1. The van der Waals surface area contributed by atoms with Gasteiger partial charge in [0.05, 0.1) is 12.0 Å². The van der Waals surface area contributed by atoms with Gasteiger partial charge in [0.25, 0.3) is 0 Å². The number of ether oxygens (including phenoxy) is 1. The van der Waals surface area contributed by atoms with Crippen LogP contribution < -0.4 is 5.32 Å².